The molecule has 0 spiro atoms. The number of fused-ring (bicyclic) bond motifs is 1. The highest BCUT2D eigenvalue weighted by atomic mass is 35.5. The van der Waals surface area contributed by atoms with Gasteiger partial charge in [-0.1, -0.05) is 18.5 Å². The van der Waals surface area contributed by atoms with Crippen molar-refractivity contribution < 1.29 is 14.2 Å². The van der Waals surface area contributed by atoms with Crippen LogP contribution in [0.2, 0.25) is 5.02 Å². The number of hydrogen-bond donors (Lipinski definition) is 2. The predicted octanol–water partition coefficient (Wildman–Crippen LogP) is 1.98. The van der Waals surface area contributed by atoms with Gasteiger partial charge in [-0.15, -0.1) is 0 Å². The molecule has 2 aliphatic heterocycles. The first-order valence-corrected chi connectivity index (χ1v) is 9.41. The van der Waals surface area contributed by atoms with E-state index in [1.54, 1.807) is 17.1 Å². The lowest BCUT2D eigenvalue weighted by atomic mass is 10.1. The number of nitrogens with zero attached hydrogens (tertiary/aromatic N) is 4. The van der Waals surface area contributed by atoms with Crippen molar-refractivity contribution in [3.05, 3.63) is 23.6 Å². The third-order valence-electron chi connectivity index (χ3n) is 4.57. The number of aryl methyl sites for hydroxylation is 1. The van der Waals surface area contributed by atoms with E-state index < -0.39 is 0 Å². The highest BCUT2D eigenvalue weighted by Crippen LogP contribution is 2.32. The molecule has 146 valence electrons. The number of hydrogen-bond acceptors (Lipinski definition) is 8. The fraction of sp³-hybridized carbons (Fsp3) is 0.588. The molecular weight excluding hydrogens is 372 g/mol. The summed E-state index contributed by atoms with van der Waals surface area (Å²) in [4.78, 5) is 8.70. The summed E-state index contributed by atoms with van der Waals surface area (Å²) in [6.45, 7) is 3.84. The average molecular weight is 395 g/mol. The number of ether oxygens (including phenoxy) is 3. The number of rotatable bonds is 7. The van der Waals surface area contributed by atoms with E-state index in [0.717, 1.165) is 12.1 Å². The zero-order valence-electron chi connectivity index (χ0n) is 15.3. The van der Waals surface area contributed by atoms with Gasteiger partial charge in [-0.3, -0.25) is 4.68 Å². The van der Waals surface area contributed by atoms with Crippen molar-refractivity contribution in [2.45, 2.75) is 37.7 Å². The van der Waals surface area contributed by atoms with E-state index in [4.69, 9.17) is 25.8 Å². The molecule has 2 saturated heterocycles. The van der Waals surface area contributed by atoms with Gasteiger partial charge in [0.1, 0.15) is 23.3 Å². The van der Waals surface area contributed by atoms with Crippen LogP contribution in [0, 0.1) is 0 Å². The van der Waals surface area contributed by atoms with Crippen LogP contribution in [0.4, 0.5) is 17.5 Å². The van der Waals surface area contributed by atoms with Crippen LogP contribution in [-0.4, -0.2) is 63.9 Å². The summed E-state index contributed by atoms with van der Waals surface area (Å²) in [5.74, 6) is 0.968. The number of halogens is 1. The molecule has 2 N–H and O–H groups in total. The summed E-state index contributed by atoms with van der Waals surface area (Å²) in [6, 6.07) is -0.0520. The van der Waals surface area contributed by atoms with Crippen LogP contribution < -0.4 is 10.6 Å². The first kappa shape index (κ1) is 18.4. The fourth-order valence-corrected chi connectivity index (χ4v) is 3.46. The highest BCUT2D eigenvalue weighted by molar-refractivity contribution is 6.32. The summed E-state index contributed by atoms with van der Waals surface area (Å²) < 4.78 is 19.4. The van der Waals surface area contributed by atoms with Gasteiger partial charge in [0.25, 0.3) is 0 Å². The van der Waals surface area contributed by atoms with Crippen LogP contribution in [0.5, 0.6) is 0 Å². The maximum Gasteiger partial charge on any atom is 0.229 e. The average Bonchev–Trinajstić information content (AvgIpc) is 3.34. The van der Waals surface area contributed by atoms with Gasteiger partial charge >= 0.3 is 0 Å². The van der Waals surface area contributed by atoms with Gasteiger partial charge in [0.15, 0.2) is 5.82 Å². The second-order valence-electron chi connectivity index (χ2n) is 6.67. The molecule has 10 heteroatoms. The molecule has 9 nitrogen and oxygen atoms in total. The van der Waals surface area contributed by atoms with E-state index in [1.165, 1.54) is 0 Å². The molecule has 4 atom stereocenters. The number of anilines is 3. The van der Waals surface area contributed by atoms with E-state index in [1.807, 2.05) is 13.2 Å². The summed E-state index contributed by atoms with van der Waals surface area (Å²) in [5.41, 5.74) is 0.796. The Bertz CT molecular complexity index is 788. The van der Waals surface area contributed by atoms with Gasteiger partial charge in [0.05, 0.1) is 37.3 Å². The van der Waals surface area contributed by atoms with Gasteiger partial charge in [-0.2, -0.15) is 10.1 Å². The summed E-state index contributed by atoms with van der Waals surface area (Å²) in [7, 11) is 1.84. The molecule has 0 bridgehead atoms. The molecule has 27 heavy (non-hydrogen) atoms. The van der Waals surface area contributed by atoms with Crippen molar-refractivity contribution in [2.24, 2.45) is 7.05 Å². The lowest BCUT2D eigenvalue weighted by Gasteiger charge is -2.19. The second-order valence-corrected chi connectivity index (χ2v) is 7.08. The smallest absolute Gasteiger partial charge is 0.229 e. The van der Waals surface area contributed by atoms with Crippen LogP contribution in [0.15, 0.2) is 18.6 Å². The molecule has 0 aromatic carbocycles. The molecular formula is C17H23ClN6O3. The monoisotopic (exact) mass is 394 g/mol. The molecule has 4 heterocycles. The van der Waals surface area contributed by atoms with Crippen LogP contribution >= 0.6 is 11.6 Å². The largest absolute Gasteiger partial charge is 0.373 e. The SMILES string of the molecule is CCCOC1COC2C(Nc3nc(Nc4cnn(C)c4)ncc3Cl)COC12. The normalized spacial score (nSPS) is 26.9. The lowest BCUT2D eigenvalue weighted by Crippen LogP contribution is -2.37. The summed E-state index contributed by atoms with van der Waals surface area (Å²) in [5, 5.41) is 11.0. The van der Waals surface area contributed by atoms with E-state index in [0.29, 0.717) is 36.6 Å². The Morgan fingerprint density at radius 1 is 1.30 bits per heavy atom. The highest BCUT2D eigenvalue weighted by Gasteiger charge is 2.48. The maximum atomic E-state index is 6.28. The minimum absolute atomic E-state index is 0.0228. The lowest BCUT2D eigenvalue weighted by molar-refractivity contribution is -0.0307. The van der Waals surface area contributed by atoms with Gasteiger partial charge in [0, 0.05) is 19.9 Å². The van der Waals surface area contributed by atoms with Crippen molar-refractivity contribution in [1.82, 2.24) is 19.7 Å². The second kappa shape index (κ2) is 7.97. The zero-order valence-corrected chi connectivity index (χ0v) is 16.0. The summed E-state index contributed by atoms with van der Waals surface area (Å²) >= 11 is 6.28. The Labute approximate surface area is 162 Å². The molecule has 2 aliphatic rings. The van der Waals surface area contributed by atoms with Gasteiger partial charge in [0.2, 0.25) is 5.95 Å². The zero-order chi connectivity index (χ0) is 18.8. The Morgan fingerprint density at radius 3 is 2.93 bits per heavy atom. The van der Waals surface area contributed by atoms with E-state index >= 15 is 0 Å². The molecule has 0 amide bonds. The van der Waals surface area contributed by atoms with Gasteiger partial charge in [-0.25, -0.2) is 4.98 Å². The molecule has 4 rings (SSSR count). The third kappa shape index (κ3) is 4.01. The summed E-state index contributed by atoms with van der Waals surface area (Å²) in [6.07, 6.45) is 5.89. The van der Waals surface area contributed by atoms with Crippen molar-refractivity contribution in [3.8, 4) is 0 Å². The van der Waals surface area contributed by atoms with E-state index in [-0.39, 0.29) is 24.4 Å². The Balaban J connectivity index is 1.43. The minimum atomic E-state index is -0.0902. The quantitative estimate of drug-likeness (QED) is 0.736. The molecule has 0 aliphatic carbocycles. The number of aromatic nitrogens is 4. The topological polar surface area (TPSA) is 95.4 Å². The molecule has 2 aromatic rings. The van der Waals surface area contributed by atoms with E-state index in [9.17, 15) is 0 Å². The van der Waals surface area contributed by atoms with Crippen LogP contribution in [-0.2, 0) is 21.3 Å². The molecule has 2 aromatic heterocycles. The Kier molecular flexibility index (Phi) is 5.44. The van der Waals surface area contributed by atoms with Crippen LogP contribution in [0.1, 0.15) is 13.3 Å². The molecule has 0 saturated carbocycles. The van der Waals surface area contributed by atoms with Crippen molar-refractivity contribution in [1.29, 1.82) is 0 Å². The van der Waals surface area contributed by atoms with Crippen LogP contribution in [0.25, 0.3) is 0 Å². The van der Waals surface area contributed by atoms with E-state index in [2.05, 4.69) is 32.6 Å². The third-order valence-corrected chi connectivity index (χ3v) is 4.85. The van der Waals surface area contributed by atoms with Gasteiger partial charge in [-0.05, 0) is 6.42 Å². The van der Waals surface area contributed by atoms with Crippen LogP contribution in [0.3, 0.4) is 0 Å². The predicted molar refractivity (Wildman–Crippen MR) is 100 cm³/mol. The Morgan fingerprint density at radius 2 is 2.15 bits per heavy atom. The Hall–Kier alpha value is -1.94. The first-order chi connectivity index (χ1) is 13.1. The molecule has 4 unspecified atom stereocenters. The first-order valence-electron chi connectivity index (χ1n) is 9.03. The molecule has 2 fully saturated rings. The van der Waals surface area contributed by atoms with Crippen molar-refractivity contribution in [3.63, 3.8) is 0 Å². The number of nitrogens with one attached hydrogen (secondary N) is 2. The minimum Gasteiger partial charge on any atom is -0.373 e. The maximum absolute atomic E-state index is 6.28. The fourth-order valence-electron chi connectivity index (χ4n) is 3.32. The van der Waals surface area contributed by atoms with Gasteiger partial charge < -0.3 is 24.8 Å². The van der Waals surface area contributed by atoms with Crippen molar-refractivity contribution >= 4 is 29.1 Å². The standard InChI is InChI=1S/C17H23ClN6O3/c1-3-4-25-13-9-27-14-12(8-26-15(13)14)22-16-11(18)6-19-17(23-16)21-10-5-20-24(2)7-10/h5-7,12-15H,3-4,8-9H2,1-2H3,(H2,19,21,22,23). The molecule has 0 radical (unpaired) electrons. The van der Waals surface area contributed by atoms with Crippen molar-refractivity contribution in [2.75, 3.05) is 30.5 Å².